The molecular weight excluding hydrogens is 306 g/mol. The summed E-state index contributed by atoms with van der Waals surface area (Å²) in [4.78, 5) is 30.8. The number of hydrogen-bond donors (Lipinski definition) is 1. The van der Waals surface area contributed by atoms with Gasteiger partial charge in [-0.3, -0.25) is 4.79 Å². The molecule has 0 atom stereocenters. The second-order valence-electron chi connectivity index (χ2n) is 6.26. The third-order valence-corrected chi connectivity index (χ3v) is 3.95. The van der Waals surface area contributed by atoms with Crippen molar-refractivity contribution in [2.75, 3.05) is 34.4 Å². The summed E-state index contributed by atoms with van der Waals surface area (Å²) in [5.41, 5.74) is 3.42. The number of benzene rings is 1. The van der Waals surface area contributed by atoms with Crippen LogP contribution in [0.2, 0.25) is 0 Å². The van der Waals surface area contributed by atoms with Crippen molar-refractivity contribution in [3.05, 3.63) is 45.2 Å². The van der Waals surface area contributed by atoms with Gasteiger partial charge in [-0.25, -0.2) is 4.79 Å². The summed E-state index contributed by atoms with van der Waals surface area (Å²) in [5, 5.41) is 0.978. The van der Waals surface area contributed by atoms with Crippen molar-refractivity contribution in [2.45, 2.75) is 20.4 Å². The molecule has 1 heterocycles. The second kappa shape index (κ2) is 7.49. The van der Waals surface area contributed by atoms with E-state index in [1.165, 1.54) is 4.90 Å². The summed E-state index contributed by atoms with van der Waals surface area (Å²) in [6, 6.07) is 5.80. The normalized spacial score (nSPS) is 10.9. The standard InChI is InChI=1S/C18H25N3O3/c1-12-8-13(2)16-14(9-12)10-15(17(22)19-16)11-21(6-7-24-5)18(23)20(3)4/h8-10H,6-7,11H2,1-5H3,(H,19,22). The van der Waals surface area contributed by atoms with Crippen molar-refractivity contribution < 1.29 is 9.53 Å². The lowest BCUT2D eigenvalue weighted by Crippen LogP contribution is -2.41. The van der Waals surface area contributed by atoms with Crippen LogP contribution in [0, 0.1) is 13.8 Å². The molecule has 2 amide bonds. The molecule has 1 aromatic carbocycles. The van der Waals surface area contributed by atoms with E-state index >= 15 is 0 Å². The number of nitrogens with zero attached hydrogens (tertiary/aromatic N) is 2. The minimum absolute atomic E-state index is 0.146. The zero-order valence-electron chi connectivity index (χ0n) is 15.0. The number of carbonyl (C=O) groups is 1. The largest absolute Gasteiger partial charge is 0.383 e. The van der Waals surface area contributed by atoms with Crippen molar-refractivity contribution in [3.8, 4) is 0 Å². The van der Waals surface area contributed by atoms with Crippen LogP contribution >= 0.6 is 0 Å². The summed E-state index contributed by atoms with van der Waals surface area (Å²) in [6.45, 7) is 5.10. The number of amides is 2. The summed E-state index contributed by atoms with van der Waals surface area (Å²) in [6.07, 6.45) is 0. The second-order valence-corrected chi connectivity index (χ2v) is 6.26. The fourth-order valence-corrected chi connectivity index (χ4v) is 2.78. The number of hydrogen-bond acceptors (Lipinski definition) is 3. The Morgan fingerprint density at radius 2 is 1.92 bits per heavy atom. The van der Waals surface area contributed by atoms with Gasteiger partial charge in [0.05, 0.1) is 18.7 Å². The van der Waals surface area contributed by atoms with Crippen LogP contribution in [-0.2, 0) is 11.3 Å². The number of ether oxygens (including phenoxy) is 1. The lowest BCUT2D eigenvalue weighted by molar-refractivity contribution is 0.132. The van der Waals surface area contributed by atoms with E-state index in [1.54, 1.807) is 26.1 Å². The molecule has 0 saturated heterocycles. The molecule has 2 rings (SSSR count). The van der Waals surface area contributed by atoms with E-state index in [1.807, 2.05) is 32.0 Å². The number of nitrogens with one attached hydrogen (secondary N) is 1. The molecule has 0 saturated carbocycles. The SMILES string of the molecule is COCCN(Cc1cc2cc(C)cc(C)c2[nH]c1=O)C(=O)N(C)C. The molecule has 0 fully saturated rings. The number of urea groups is 1. The van der Waals surface area contributed by atoms with Crippen LogP contribution in [0.5, 0.6) is 0 Å². The predicted molar refractivity (Wildman–Crippen MR) is 95.4 cm³/mol. The molecule has 6 heteroatoms. The highest BCUT2D eigenvalue weighted by atomic mass is 16.5. The van der Waals surface area contributed by atoms with Crippen molar-refractivity contribution in [2.24, 2.45) is 0 Å². The third-order valence-electron chi connectivity index (χ3n) is 3.95. The maximum atomic E-state index is 12.4. The van der Waals surface area contributed by atoms with Gasteiger partial charge in [-0.1, -0.05) is 11.6 Å². The first-order valence-electron chi connectivity index (χ1n) is 7.91. The van der Waals surface area contributed by atoms with E-state index in [-0.39, 0.29) is 18.1 Å². The average molecular weight is 331 g/mol. The van der Waals surface area contributed by atoms with Crippen molar-refractivity contribution in [3.63, 3.8) is 0 Å². The highest BCUT2D eigenvalue weighted by Crippen LogP contribution is 2.18. The van der Waals surface area contributed by atoms with Crippen LogP contribution in [-0.4, -0.2) is 55.2 Å². The monoisotopic (exact) mass is 331 g/mol. The number of carbonyl (C=O) groups excluding carboxylic acids is 1. The molecule has 1 N–H and O–H groups in total. The lowest BCUT2D eigenvalue weighted by Gasteiger charge is -2.25. The minimum atomic E-state index is -0.163. The smallest absolute Gasteiger partial charge is 0.319 e. The number of fused-ring (bicyclic) bond motifs is 1. The van der Waals surface area contributed by atoms with E-state index in [4.69, 9.17) is 4.74 Å². The van der Waals surface area contributed by atoms with Crippen molar-refractivity contribution >= 4 is 16.9 Å². The van der Waals surface area contributed by atoms with E-state index in [9.17, 15) is 9.59 Å². The van der Waals surface area contributed by atoms with Crippen LogP contribution in [0.25, 0.3) is 10.9 Å². The summed E-state index contributed by atoms with van der Waals surface area (Å²) in [5.74, 6) is 0. The quantitative estimate of drug-likeness (QED) is 0.914. The third kappa shape index (κ3) is 3.94. The molecule has 6 nitrogen and oxygen atoms in total. The van der Waals surface area contributed by atoms with Crippen LogP contribution in [0.3, 0.4) is 0 Å². The van der Waals surface area contributed by atoms with Gasteiger partial charge in [-0.2, -0.15) is 0 Å². The van der Waals surface area contributed by atoms with Crippen LogP contribution in [0.15, 0.2) is 23.0 Å². The molecule has 24 heavy (non-hydrogen) atoms. The Morgan fingerprint density at radius 1 is 1.21 bits per heavy atom. The fourth-order valence-electron chi connectivity index (χ4n) is 2.78. The van der Waals surface area contributed by atoms with Gasteiger partial charge >= 0.3 is 6.03 Å². The Balaban J connectivity index is 2.40. The Hall–Kier alpha value is -2.34. The molecule has 0 radical (unpaired) electrons. The van der Waals surface area contributed by atoms with E-state index in [0.717, 1.165) is 22.0 Å². The van der Waals surface area contributed by atoms with Crippen LogP contribution < -0.4 is 5.56 Å². The summed E-state index contributed by atoms with van der Waals surface area (Å²) in [7, 11) is 4.98. The average Bonchev–Trinajstić information content (AvgIpc) is 2.51. The number of aryl methyl sites for hydroxylation is 2. The van der Waals surface area contributed by atoms with Gasteiger partial charge in [0.25, 0.3) is 5.56 Å². The molecule has 0 unspecified atom stereocenters. The van der Waals surface area contributed by atoms with E-state index in [0.29, 0.717) is 18.7 Å². The molecule has 0 bridgehead atoms. The first-order valence-corrected chi connectivity index (χ1v) is 7.91. The number of H-pyrrole nitrogens is 1. The first-order chi connectivity index (χ1) is 11.3. The van der Waals surface area contributed by atoms with Gasteiger partial charge in [-0.05, 0) is 36.9 Å². The van der Waals surface area contributed by atoms with Gasteiger partial charge in [0.1, 0.15) is 0 Å². The van der Waals surface area contributed by atoms with E-state index < -0.39 is 0 Å². The maximum absolute atomic E-state index is 12.4. The highest BCUT2D eigenvalue weighted by Gasteiger charge is 2.17. The predicted octanol–water partition coefficient (Wildman–Crippen LogP) is 2.27. The van der Waals surface area contributed by atoms with E-state index in [2.05, 4.69) is 4.98 Å². The Bertz CT molecular complexity index is 796. The molecule has 1 aromatic heterocycles. The number of aromatic amines is 1. The summed E-state index contributed by atoms with van der Waals surface area (Å²) < 4.78 is 5.07. The zero-order valence-corrected chi connectivity index (χ0v) is 15.0. The maximum Gasteiger partial charge on any atom is 0.319 e. The first kappa shape index (κ1) is 18.0. The van der Waals surface area contributed by atoms with Gasteiger partial charge in [0.15, 0.2) is 0 Å². The number of methoxy groups -OCH3 is 1. The molecule has 130 valence electrons. The Kier molecular flexibility index (Phi) is 5.62. The topological polar surface area (TPSA) is 65.6 Å². The minimum Gasteiger partial charge on any atom is -0.383 e. The van der Waals surface area contributed by atoms with Gasteiger partial charge in [0.2, 0.25) is 0 Å². The lowest BCUT2D eigenvalue weighted by atomic mass is 10.1. The van der Waals surface area contributed by atoms with Gasteiger partial charge < -0.3 is 19.5 Å². The number of pyridine rings is 1. The molecule has 0 aliphatic heterocycles. The Labute approximate surface area is 142 Å². The van der Waals surface area contributed by atoms with Crippen LogP contribution in [0.4, 0.5) is 4.79 Å². The molecular formula is C18H25N3O3. The molecule has 0 aliphatic rings. The van der Waals surface area contributed by atoms with Crippen LogP contribution in [0.1, 0.15) is 16.7 Å². The van der Waals surface area contributed by atoms with Crippen molar-refractivity contribution in [1.29, 1.82) is 0 Å². The number of aromatic nitrogens is 1. The molecule has 0 spiro atoms. The molecule has 2 aromatic rings. The highest BCUT2D eigenvalue weighted by molar-refractivity contribution is 5.83. The Morgan fingerprint density at radius 3 is 2.54 bits per heavy atom. The molecule has 0 aliphatic carbocycles. The fraction of sp³-hybridized carbons (Fsp3) is 0.444. The van der Waals surface area contributed by atoms with Gasteiger partial charge in [-0.15, -0.1) is 0 Å². The number of rotatable bonds is 5. The zero-order chi connectivity index (χ0) is 17.9. The summed E-state index contributed by atoms with van der Waals surface area (Å²) >= 11 is 0. The van der Waals surface area contributed by atoms with Gasteiger partial charge in [0, 0.05) is 33.3 Å². The van der Waals surface area contributed by atoms with Crippen molar-refractivity contribution in [1.82, 2.24) is 14.8 Å².